The molecule has 0 unspecified atom stereocenters. The number of hydrogen-bond donors (Lipinski definition) is 3. The van der Waals surface area contributed by atoms with Gasteiger partial charge in [0.2, 0.25) is 0 Å². The Bertz CT molecular complexity index is 609. The Morgan fingerprint density at radius 2 is 2.11 bits per heavy atom. The Morgan fingerprint density at radius 1 is 1.44 bits per heavy atom. The fourth-order valence-electron chi connectivity index (χ4n) is 1.55. The van der Waals surface area contributed by atoms with Gasteiger partial charge in [0.1, 0.15) is 5.75 Å². The van der Waals surface area contributed by atoms with Crippen LogP contribution in [0, 0.1) is 0 Å². The summed E-state index contributed by atoms with van der Waals surface area (Å²) in [5.41, 5.74) is 6.48. The average molecular weight is 376 g/mol. The first-order valence-electron chi connectivity index (χ1n) is 4.97. The molecule has 1 aromatic carbocycles. The maximum Gasteiger partial charge on any atom is 0.356 e. The standard InChI is InChI=1S/C11H9Br2N3O2/c1-16-8(10(18)15-11(16)14)3-5-2-6(12)4-7(13)9(5)17/h2-4H,1H3,(H3,14,15,17,18)/p+1. The number of halogens is 2. The third kappa shape index (κ3) is 2.28. The predicted octanol–water partition coefficient (Wildman–Crippen LogP) is 1.34. The van der Waals surface area contributed by atoms with Crippen LogP contribution >= 0.6 is 31.9 Å². The Hall–Kier alpha value is -1.34. The van der Waals surface area contributed by atoms with E-state index in [1.165, 1.54) is 4.58 Å². The number of guanidine groups is 1. The Kier molecular flexibility index (Phi) is 3.45. The second kappa shape index (κ2) is 4.74. The van der Waals surface area contributed by atoms with Gasteiger partial charge in [-0.1, -0.05) is 15.9 Å². The highest BCUT2D eigenvalue weighted by Crippen LogP contribution is 2.33. The minimum atomic E-state index is -0.300. The first-order chi connectivity index (χ1) is 8.40. The molecule has 1 aromatic rings. The fraction of sp³-hybridized carbons (Fsp3) is 0.0909. The van der Waals surface area contributed by atoms with Gasteiger partial charge in [-0.25, -0.2) is 14.7 Å². The van der Waals surface area contributed by atoms with Crippen molar-refractivity contribution in [3.05, 3.63) is 32.3 Å². The van der Waals surface area contributed by atoms with E-state index < -0.39 is 0 Å². The van der Waals surface area contributed by atoms with Crippen molar-refractivity contribution < 1.29 is 14.5 Å². The van der Waals surface area contributed by atoms with Gasteiger partial charge >= 0.3 is 11.9 Å². The van der Waals surface area contributed by atoms with Gasteiger partial charge in [-0.05, 0) is 34.1 Å². The number of phenols is 1. The van der Waals surface area contributed by atoms with Crippen molar-refractivity contribution in [2.75, 3.05) is 7.05 Å². The number of likely N-dealkylation sites (N-methyl/N-ethyl adjacent to an activating group) is 1. The van der Waals surface area contributed by atoms with Crippen molar-refractivity contribution in [2.24, 2.45) is 5.73 Å². The number of nitrogens with two attached hydrogens (primary N) is 1. The first-order valence-corrected chi connectivity index (χ1v) is 6.56. The van der Waals surface area contributed by atoms with Crippen LogP contribution in [0.2, 0.25) is 0 Å². The minimum absolute atomic E-state index is 0.0670. The summed E-state index contributed by atoms with van der Waals surface area (Å²) in [6, 6.07) is 3.43. The van der Waals surface area contributed by atoms with Crippen molar-refractivity contribution in [3.8, 4) is 5.75 Å². The molecule has 0 aromatic heterocycles. The number of nitrogens with zero attached hydrogens (tertiary/aromatic N) is 1. The van der Waals surface area contributed by atoms with Crippen LogP contribution < -0.4 is 11.1 Å². The van der Waals surface area contributed by atoms with Crippen LogP contribution in [0.15, 0.2) is 26.8 Å². The molecule has 0 radical (unpaired) electrons. The first kappa shape index (κ1) is 13.1. The number of nitrogens with one attached hydrogen (secondary N) is 1. The van der Waals surface area contributed by atoms with Gasteiger partial charge in [-0.15, -0.1) is 0 Å². The molecular formula is C11H10Br2N3O2+. The molecular weight excluding hydrogens is 366 g/mol. The number of hydrogen-bond acceptors (Lipinski definition) is 3. The van der Waals surface area contributed by atoms with Crippen molar-refractivity contribution in [1.82, 2.24) is 5.32 Å². The Morgan fingerprint density at radius 3 is 2.67 bits per heavy atom. The zero-order chi connectivity index (χ0) is 13.4. The summed E-state index contributed by atoms with van der Waals surface area (Å²) in [6.45, 7) is 0. The molecule has 0 bridgehead atoms. The Labute approximate surface area is 120 Å². The van der Waals surface area contributed by atoms with Crippen LogP contribution in [0.4, 0.5) is 0 Å². The van der Waals surface area contributed by atoms with E-state index in [9.17, 15) is 9.90 Å². The highest BCUT2D eigenvalue weighted by atomic mass is 79.9. The minimum Gasteiger partial charge on any atom is -0.506 e. The predicted molar refractivity (Wildman–Crippen MR) is 75.0 cm³/mol. The summed E-state index contributed by atoms with van der Waals surface area (Å²) < 4.78 is 2.86. The maximum atomic E-state index is 11.7. The summed E-state index contributed by atoms with van der Waals surface area (Å²) in [7, 11) is 1.67. The SMILES string of the molecule is C[N+]1=C(N)NC(=O)/C1=C/c1cc(Br)cc(Br)c1O. The molecule has 4 N–H and O–H groups in total. The molecule has 1 heterocycles. The molecule has 0 saturated carbocycles. The second-order valence-corrected chi connectivity index (χ2v) is 5.52. The summed E-state index contributed by atoms with van der Waals surface area (Å²) in [5.74, 6) is 0.0303. The van der Waals surface area contributed by atoms with Crippen LogP contribution in [0.1, 0.15) is 5.56 Å². The van der Waals surface area contributed by atoms with Crippen LogP contribution in [0.3, 0.4) is 0 Å². The molecule has 0 aliphatic carbocycles. The lowest BCUT2D eigenvalue weighted by Crippen LogP contribution is -2.32. The van der Waals surface area contributed by atoms with Gasteiger partial charge in [-0.3, -0.25) is 5.73 Å². The van der Waals surface area contributed by atoms with Crippen LogP contribution in [0.25, 0.3) is 6.08 Å². The number of rotatable bonds is 1. The van der Waals surface area contributed by atoms with Crippen molar-refractivity contribution in [1.29, 1.82) is 0 Å². The highest BCUT2D eigenvalue weighted by molar-refractivity contribution is 9.11. The molecule has 94 valence electrons. The van der Waals surface area contributed by atoms with Gasteiger partial charge in [-0.2, -0.15) is 0 Å². The maximum absolute atomic E-state index is 11.7. The van der Waals surface area contributed by atoms with E-state index >= 15 is 0 Å². The zero-order valence-corrected chi connectivity index (χ0v) is 12.5. The van der Waals surface area contributed by atoms with E-state index in [0.29, 0.717) is 15.7 Å². The third-order valence-electron chi connectivity index (χ3n) is 2.55. The molecule has 0 atom stereocenters. The smallest absolute Gasteiger partial charge is 0.356 e. The monoisotopic (exact) mass is 374 g/mol. The molecule has 5 nitrogen and oxygen atoms in total. The largest absolute Gasteiger partial charge is 0.506 e. The topological polar surface area (TPSA) is 78.4 Å². The number of carbonyl (C=O) groups is 1. The van der Waals surface area contributed by atoms with E-state index in [4.69, 9.17) is 5.73 Å². The molecule has 7 heteroatoms. The summed E-state index contributed by atoms with van der Waals surface area (Å²) >= 11 is 6.56. The van der Waals surface area contributed by atoms with E-state index in [1.807, 2.05) is 0 Å². The molecule has 0 saturated heterocycles. The third-order valence-corrected chi connectivity index (χ3v) is 3.61. The fourth-order valence-corrected chi connectivity index (χ4v) is 2.81. The summed E-state index contributed by atoms with van der Waals surface area (Å²) in [4.78, 5) is 11.7. The number of amides is 1. The van der Waals surface area contributed by atoms with Crippen molar-refractivity contribution in [3.63, 3.8) is 0 Å². The van der Waals surface area contributed by atoms with Gasteiger partial charge in [0, 0.05) is 10.0 Å². The normalized spacial score (nSPS) is 17.5. The van der Waals surface area contributed by atoms with Crippen LogP contribution in [-0.4, -0.2) is 28.6 Å². The second-order valence-electron chi connectivity index (χ2n) is 3.75. The number of aromatic hydroxyl groups is 1. The molecule has 2 rings (SSSR count). The van der Waals surface area contributed by atoms with E-state index in [0.717, 1.165) is 4.47 Å². The van der Waals surface area contributed by atoms with Gasteiger partial charge < -0.3 is 5.11 Å². The van der Waals surface area contributed by atoms with Gasteiger partial charge in [0.25, 0.3) is 0 Å². The van der Waals surface area contributed by atoms with Crippen LogP contribution in [0.5, 0.6) is 5.75 Å². The molecule has 18 heavy (non-hydrogen) atoms. The molecule has 1 aliphatic rings. The zero-order valence-electron chi connectivity index (χ0n) is 9.37. The number of phenolic OH excluding ortho intramolecular Hbond substituents is 1. The molecule has 1 aliphatic heterocycles. The lowest BCUT2D eigenvalue weighted by molar-refractivity contribution is -0.432. The lowest BCUT2D eigenvalue weighted by atomic mass is 10.1. The van der Waals surface area contributed by atoms with E-state index in [2.05, 4.69) is 37.2 Å². The number of benzene rings is 1. The quantitative estimate of drug-likeness (QED) is 0.512. The average Bonchev–Trinajstić information content (AvgIpc) is 2.52. The number of carbonyl (C=O) groups excluding carboxylic acids is 1. The highest BCUT2D eigenvalue weighted by Gasteiger charge is 2.29. The summed E-state index contributed by atoms with van der Waals surface area (Å²) in [5, 5.41) is 12.4. The summed E-state index contributed by atoms with van der Waals surface area (Å²) in [6.07, 6.45) is 1.57. The van der Waals surface area contributed by atoms with Crippen molar-refractivity contribution in [2.45, 2.75) is 0 Å². The molecule has 0 spiro atoms. The molecule has 1 amide bonds. The Balaban J connectivity index is 2.55. The van der Waals surface area contributed by atoms with E-state index in [-0.39, 0.29) is 17.6 Å². The van der Waals surface area contributed by atoms with E-state index in [1.54, 1.807) is 25.3 Å². The van der Waals surface area contributed by atoms with Crippen molar-refractivity contribution >= 4 is 49.8 Å². The van der Waals surface area contributed by atoms with Crippen LogP contribution in [-0.2, 0) is 4.79 Å². The van der Waals surface area contributed by atoms with Gasteiger partial charge in [0.15, 0.2) is 5.70 Å². The lowest BCUT2D eigenvalue weighted by Gasteiger charge is -2.04. The van der Waals surface area contributed by atoms with Gasteiger partial charge in [0.05, 0.1) is 11.5 Å². The molecule has 0 fully saturated rings.